The summed E-state index contributed by atoms with van der Waals surface area (Å²) in [6.07, 6.45) is 11.9. The van der Waals surface area contributed by atoms with Crippen molar-refractivity contribution < 1.29 is 13.5 Å². The molecule has 30 heavy (non-hydrogen) atoms. The Labute approximate surface area is 179 Å². The zero-order valence-corrected chi connectivity index (χ0v) is 18.4. The lowest BCUT2D eigenvalue weighted by Crippen LogP contribution is -2.25. The van der Waals surface area contributed by atoms with Gasteiger partial charge in [0.2, 0.25) is 0 Å². The standard InChI is InChI=1S/C26H35FO3/c1-3-4-15-29-22-14-13-21-16-23(30-26(28)24(21)25(22)27)20-11-9-19(10-12-20)18-7-5-17(2)6-8-18/h13-14,16-20H,3-12,15H2,1-2H3. The molecular weight excluding hydrogens is 379 g/mol. The van der Waals surface area contributed by atoms with Crippen molar-refractivity contribution >= 4 is 10.8 Å². The SMILES string of the molecule is CCCCOc1ccc2cc(C3CCC(C4CCC(C)CC4)CC3)oc(=O)c2c1F. The third-order valence-corrected chi connectivity index (χ3v) is 7.51. The molecule has 0 unspecified atom stereocenters. The number of rotatable bonds is 6. The van der Waals surface area contributed by atoms with Crippen molar-refractivity contribution in [2.45, 2.75) is 84.0 Å². The van der Waals surface area contributed by atoms with Gasteiger partial charge < -0.3 is 9.15 Å². The Morgan fingerprint density at radius 1 is 1.03 bits per heavy atom. The number of benzene rings is 1. The first-order valence-corrected chi connectivity index (χ1v) is 12.0. The minimum atomic E-state index is -0.598. The van der Waals surface area contributed by atoms with Crippen LogP contribution in [0.25, 0.3) is 10.8 Å². The molecule has 4 heteroatoms. The summed E-state index contributed by atoms with van der Waals surface area (Å²) in [4.78, 5) is 12.6. The topological polar surface area (TPSA) is 39.4 Å². The summed E-state index contributed by atoms with van der Waals surface area (Å²) in [6.45, 7) is 4.88. The number of halogens is 1. The number of hydrogen-bond acceptors (Lipinski definition) is 3. The fourth-order valence-corrected chi connectivity index (χ4v) is 5.51. The van der Waals surface area contributed by atoms with Crippen molar-refractivity contribution in [3.63, 3.8) is 0 Å². The normalized spacial score (nSPS) is 27.3. The second-order valence-electron chi connectivity index (χ2n) is 9.61. The molecule has 0 aliphatic heterocycles. The Hall–Kier alpha value is -1.84. The average molecular weight is 415 g/mol. The van der Waals surface area contributed by atoms with Crippen LogP contribution in [0.2, 0.25) is 0 Å². The lowest BCUT2D eigenvalue weighted by atomic mass is 9.69. The fourth-order valence-electron chi connectivity index (χ4n) is 5.51. The maximum atomic E-state index is 14.8. The molecule has 3 nitrogen and oxygen atoms in total. The monoisotopic (exact) mass is 414 g/mol. The molecule has 1 heterocycles. The minimum Gasteiger partial charge on any atom is -0.490 e. The third kappa shape index (κ3) is 4.58. The van der Waals surface area contributed by atoms with Crippen LogP contribution in [0.5, 0.6) is 5.75 Å². The second kappa shape index (κ2) is 9.53. The summed E-state index contributed by atoms with van der Waals surface area (Å²) in [7, 11) is 0. The largest absolute Gasteiger partial charge is 0.490 e. The molecular formula is C26H35FO3. The first-order chi connectivity index (χ1) is 14.6. The van der Waals surface area contributed by atoms with E-state index in [1.54, 1.807) is 12.1 Å². The molecule has 2 fully saturated rings. The first-order valence-electron chi connectivity index (χ1n) is 12.0. The van der Waals surface area contributed by atoms with Crippen molar-refractivity contribution in [1.82, 2.24) is 0 Å². The number of unbranched alkanes of at least 4 members (excludes halogenated alkanes) is 1. The molecule has 4 rings (SSSR count). The van der Waals surface area contributed by atoms with Crippen LogP contribution in [0.4, 0.5) is 4.39 Å². The summed E-state index contributed by atoms with van der Waals surface area (Å²) in [6, 6.07) is 5.30. The van der Waals surface area contributed by atoms with Crippen molar-refractivity contribution in [1.29, 1.82) is 0 Å². The van der Waals surface area contributed by atoms with Gasteiger partial charge in [0, 0.05) is 5.92 Å². The molecule has 0 bridgehead atoms. The van der Waals surface area contributed by atoms with Gasteiger partial charge in [0.05, 0.1) is 6.61 Å². The van der Waals surface area contributed by atoms with Crippen LogP contribution >= 0.6 is 0 Å². The van der Waals surface area contributed by atoms with E-state index in [9.17, 15) is 9.18 Å². The van der Waals surface area contributed by atoms with Gasteiger partial charge in [-0.2, -0.15) is 0 Å². The van der Waals surface area contributed by atoms with Crippen molar-refractivity contribution in [3.05, 3.63) is 40.2 Å². The van der Waals surface area contributed by atoms with E-state index >= 15 is 0 Å². The van der Waals surface area contributed by atoms with E-state index in [0.29, 0.717) is 12.0 Å². The molecule has 164 valence electrons. The van der Waals surface area contributed by atoms with E-state index < -0.39 is 11.4 Å². The smallest absolute Gasteiger partial charge is 0.346 e. The molecule has 1 aromatic heterocycles. The van der Waals surface area contributed by atoms with Crippen LogP contribution in [0, 0.1) is 23.6 Å². The van der Waals surface area contributed by atoms with Gasteiger partial charge in [-0.25, -0.2) is 9.18 Å². The third-order valence-electron chi connectivity index (χ3n) is 7.51. The van der Waals surface area contributed by atoms with E-state index in [1.165, 1.54) is 38.5 Å². The zero-order chi connectivity index (χ0) is 21.1. The number of hydrogen-bond donors (Lipinski definition) is 0. The second-order valence-corrected chi connectivity index (χ2v) is 9.61. The molecule has 2 aromatic rings. The van der Waals surface area contributed by atoms with Crippen LogP contribution in [0.1, 0.15) is 89.7 Å². The first kappa shape index (κ1) is 21.4. The van der Waals surface area contributed by atoms with Crippen molar-refractivity contribution in [2.75, 3.05) is 6.61 Å². The zero-order valence-electron chi connectivity index (χ0n) is 18.4. The Morgan fingerprint density at radius 2 is 1.70 bits per heavy atom. The van der Waals surface area contributed by atoms with Crippen LogP contribution in [0.3, 0.4) is 0 Å². The lowest BCUT2D eigenvalue weighted by Gasteiger charge is -2.37. The van der Waals surface area contributed by atoms with Crippen LogP contribution in [0.15, 0.2) is 27.4 Å². The Kier molecular flexibility index (Phi) is 6.80. The van der Waals surface area contributed by atoms with Gasteiger partial charge in [0.15, 0.2) is 11.6 Å². The predicted octanol–water partition coefficient (Wildman–Crippen LogP) is 7.21. The van der Waals surface area contributed by atoms with Gasteiger partial charge in [0.1, 0.15) is 11.1 Å². The molecule has 1 aromatic carbocycles. The quantitative estimate of drug-likeness (QED) is 0.469. The highest BCUT2D eigenvalue weighted by Crippen LogP contribution is 2.44. The molecule has 2 saturated carbocycles. The Balaban J connectivity index is 1.46. The van der Waals surface area contributed by atoms with E-state index in [4.69, 9.17) is 9.15 Å². The molecule has 2 aliphatic carbocycles. The minimum absolute atomic E-state index is 0.0118. The Bertz CT molecular complexity index is 902. The lowest BCUT2D eigenvalue weighted by molar-refractivity contribution is 0.160. The molecule has 2 aliphatic rings. The number of fused-ring (bicyclic) bond motifs is 1. The van der Waals surface area contributed by atoms with E-state index in [1.807, 2.05) is 6.07 Å². The molecule has 0 N–H and O–H groups in total. The van der Waals surface area contributed by atoms with Gasteiger partial charge in [-0.15, -0.1) is 0 Å². The molecule has 0 atom stereocenters. The maximum absolute atomic E-state index is 14.8. The van der Waals surface area contributed by atoms with Crippen LogP contribution < -0.4 is 10.4 Å². The van der Waals surface area contributed by atoms with Crippen molar-refractivity contribution in [2.24, 2.45) is 17.8 Å². The molecule has 0 amide bonds. The van der Waals surface area contributed by atoms with E-state index in [2.05, 4.69) is 13.8 Å². The predicted molar refractivity (Wildman–Crippen MR) is 119 cm³/mol. The highest BCUT2D eigenvalue weighted by molar-refractivity contribution is 5.83. The highest BCUT2D eigenvalue weighted by atomic mass is 19.1. The maximum Gasteiger partial charge on any atom is 0.346 e. The van der Waals surface area contributed by atoms with Crippen LogP contribution in [-0.4, -0.2) is 6.61 Å². The van der Waals surface area contributed by atoms with Crippen molar-refractivity contribution in [3.8, 4) is 5.75 Å². The van der Waals surface area contributed by atoms with Gasteiger partial charge in [0.25, 0.3) is 0 Å². The van der Waals surface area contributed by atoms with Gasteiger partial charge in [-0.05, 0) is 80.2 Å². The fraction of sp³-hybridized carbons (Fsp3) is 0.654. The molecule has 0 saturated heterocycles. The number of ether oxygens (including phenoxy) is 1. The summed E-state index contributed by atoms with van der Waals surface area (Å²) >= 11 is 0. The van der Waals surface area contributed by atoms with Gasteiger partial charge >= 0.3 is 5.63 Å². The average Bonchev–Trinajstić information content (AvgIpc) is 2.76. The summed E-state index contributed by atoms with van der Waals surface area (Å²) in [5.41, 5.74) is -0.579. The van der Waals surface area contributed by atoms with Gasteiger partial charge in [-0.1, -0.05) is 39.2 Å². The van der Waals surface area contributed by atoms with E-state index in [0.717, 1.165) is 49.2 Å². The summed E-state index contributed by atoms with van der Waals surface area (Å²) < 4.78 is 26.0. The summed E-state index contributed by atoms with van der Waals surface area (Å²) in [5.74, 6) is 3.12. The highest BCUT2D eigenvalue weighted by Gasteiger charge is 2.31. The van der Waals surface area contributed by atoms with Crippen LogP contribution in [-0.2, 0) is 0 Å². The summed E-state index contributed by atoms with van der Waals surface area (Å²) in [5, 5.41) is 0.628. The Morgan fingerprint density at radius 3 is 2.37 bits per heavy atom. The van der Waals surface area contributed by atoms with E-state index in [-0.39, 0.29) is 17.1 Å². The molecule has 0 radical (unpaired) electrons. The molecule has 0 spiro atoms. The van der Waals surface area contributed by atoms with Gasteiger partial charge in [-0.3, -0.25) is 0 Å².